The van der Waals surface area contributed by atoms with Gasteiger partial charge in [-0.25, -0.2) is 5.43 Å². The molecule has 0 unspecified atom stereocenters. The number of aliphatic hydroxyl groups is 10. The molecule has 0 bridgehead atoms. The molecule has 3 aliphatic heterocycles. The molecule has 12 N–H and O–H groups in total. The van der Waals surface area contributed by atoms with E-state index in [1.807, 2.05) is 0 Å². The van der Waals surface area contributed by atoms with Crippen molar-refractivity contribution < 1.29 is 84.7 Å². The highest BCUT2D eigenvalue weighted by molar-refractivity contribution is 4.95. The number of hydrazine groups is 1. The highest BCUT2D eigenvalue weighted by Crippen LogP contribution is 2.30. The van der Waals surface area contributed by atoms with Gasteiger partial charge in [0.2, 0.25) is 0 Å². The van der Waals surface area contributed by atoms with E-state index in [-0.39, 0.29) is 6.73 Å². The van der Waals surface area contributed by atoms with Crippen molar-refractivity contribution >= 4 is 0 Å². The van der Waals surface area contributed by atoms with E-state index in [4.69, 9.17) is 33.6 Å². The van der Waals surface area contributed by atoms with Crippen molar-refractivity contribution in [2.75, 3.05) is 33.6 Å². The lowest BCUT2D eigenvalue weighted by Crippen LogP contribution is -2.65. The van der Waals surface area contributed by atoms with E-state index >= 15 is 0 Å². The van der Waals surface area contributed by atoms with Crippen molar-refractivity contribution in [1.82, 2.24) is 10.6 Å². The number of hydrogen-bond donors (Lipinski definition) is 12. The summed E-state index contributed by atoms with van der Waals surface area (Å²) >= 11 is 0. The summed E-state index contributed by atoms with van der Waals surface area (Å²) in [5, 5.41) is 111. The number of nitrogens with one attached hydrogen (secondary N) is 1. The van der Waals surface area contributed by atoms with E-state index in [0.29, 0.717) is 5.17 Å². The van der Waals surface area contributed by atoms with Crippen molar-refractivity contribution in [3.05, 3.63) is 0 Å². The number of aliphatic hydroxyl groups excluding tert-OH is 10. The van der Waals surface area contributed by atoms with Gasteiger partial charge in [0.05, 0.1) is 19.8 Å². The zero-order valence-corrected chi connectivity index (χ0v) is 20.8. The van der Waals surface area contributed by atoms with E-state index in [0.717, 1.165) is 0 Å². The molecule has 230 valence electrons. The van der Waals surface area contributed by atoms with Gasteiger partial charge < -0.3 is 79.5 Å². The molecule has 15 atom stereocenters. The second-order valence-electron chi connectivity index (χ2n) is 9.35. The summed E-state index contributed by atoms with van der Waals surface area (Å²) in [6, 6.07) is 0. The van der Waals surface area contributed by atoms with Crippen LogP contribution in [-0.4, -0.2) is 187 Å². The molecule has 3 fully saturated rings. The first-order chi connectivity index (χ1) is 18.4. The Balaban J connectivity index is 1.66. The van der Waals surface area contributed by atoms with Crippen LogP contribution in [0.2, 0.25) is 0 Å². The molecule has 0 saturated carbocycles. The summed E-state index contributed by atoms with van der Waals surface area (Å²) in [5.41, 5.74) is 2.33. The van der Waals surface area contributed by atoms with Crippen LogP contribution in [0.4, 0.5) is 0 Å². The van der Waals surface area contributed by atoms with Gasteiger partial charge >= 0.3 is 0 Å². The van der Waals surface area contributed by atoms with Crippen molar-refractivity contribution in [2.45, 2.75) is 92.1 Å². The lowest BCUT2D eigenvalue weighted by molar-refractivity contribution is -0.365. The van der Waals surface area contributed by atoms with E-state index in [9.17, 15) is 51.1 Å². The summed E-state index contributed by atoms with van der Waals surface area (Å²) in [4.78, 5) is 0. The zero-order valence-electron chi connectivity index (χ0n) is 20.8. The lowest BCUT2D eigenvalue weighted by atomic mass is 9.97. The Morgan fingerprint density at radius 2 is 1.10 bits per heavy atom. The van der Waals surface area contributed by atoms with E-state index in [2.05, 4.69) is 5.43 Å². The third-order valence-corrected chi connectivity index (χ3v) is 6.60. The van der Waals surface area contributed by atoms with Gasteiger partial charge in [-0.05, 0) is 0 Å². The van der Waals surface area contributed by atoms with Gasteiger partial charge in [-0.1, -0.05) is 0 Å². The van der Waals surface area contributed by atoms with Crippen molar-refractivity contribution in [3.63, 3.8) is 0 Å². The van der Waals surface area contributed by atoms with Gasteiger partial charge in [0.1, 0.15) is 80.0 Å². The molecule has 39 heavy (non-hydrogen) atoms. The topological polar surface area (TPSA) is 293 Å². The first-order valence-electron chi connectivity index (χ1n) is 12.1. The first-order valence-corrected chi connectivity index (χ1v) is 12.1. The van der Waals surface area contributed by atoms with Gasteiger partial charge in [-0.15, -0.1) is 5.17 Å². The summed E-state index contributed by atoms with van der Waals surface area (Å²) < 4.78 is 32.2. The fourth-order valence-electron chi connectivity index (χ4n) is 4.28. The molecule has 0 aromatic heterocycles. The van der Waals surface area contributed by atoms with Crippen molar-refractivity contribution in [3.8, 4) is 0 Å². The SMILES string of the molecule is CN(O)NCO[C@@H]1O[C@H](CO[C@@H]2O[C@H](CO)[C@@H](O)[C@H](O[C@@H]3O[C@H](CO)[C@@H](O)[C@H](O)[C@H]3O)[C@H]2O)[C@@H](O)[C@H](O)[C@H]1O. The van der Waals surface area contributed by atoms with Gasteiger partial charge in [-0.3, -0.25) is 5.21 Å². The predicted molar refractivity (Wildman–Crippen MR) is 118 cm³/mol. The molecule has 3 rings (SSSR count). The second-order valence-corrected chi connectivity index (χ2v) is 9.35. The minimum Gasteiger partial charge on any atom is -0.394 e. The zero-order chi connectivity index (χ0) is 29.0. The average Bonchev–Trinajstić information content (AvgIpc) is 2.90. The molecule has 3 saturated heterocycles. The number of ether oxygens (including phenoxy) is 6. The number of hydrogen-bond acceptors (Lipinski definition) is 19. The third-order valence-electron chi connectivity index (χ3n) is 6.60. The Hall–Kier alpha value is -0.760. The molecule has 0 amide bonds. The largest absolute Gasteiger partial charge is 0.394 e. The molecule has 0 aromatic rings. The molecular weight excluding hydrogens is 540 g/mol. The van der Waals surface area contributed by atoms with Gasteiger partial charge in [-0.2, -0.15) is 0 Å². The second kappa shape index (κ2) is 14.4. The summed E-state index contributed by atoms with van der Waals surface area (Å²) in [7, 11) is 1.25. The maximum absolute atomic E-state index is 10.8. The molecular formula is C20H38N2O17. The molecule has 0 aliphatic carbocycles. The van der Waals surface area contributed by atoms with Crippen LogP contribution in [-0.2, 0) is 28.4 Å². The van der Waals surface area contributed by atoms with Crippen LogP contribution in [0.15, 0.2) is 0 Å². The third kappa shape index (κ3) is 7.55. The molecule has 3 aliphatic rings. The Kier molecular flexibility index (Phi) is 12.1. The number of nitrogens with zero attached hydrogens (tertiary/aromatic N) is 1. The molecule has 0 aromatic carbocycles. The molecule has 3 heterocycles. The molecule has 19 nitrogen and oxygen atoms in total. The van der Waals surface area contributed by atoms with Gasteiger partial charge in [0.15, 0.2) is 18.9 Å². The Labute approximate surface area is 221 Å². The van der Waals surface area contributed by atoms with Crippen LogP contribution in [0.25, 0.3) is 0 Å². The van der Waals surface area contributed by atoms with Crippen molar-refractivity contribution in [1.29, 1.82) is 0 Å². The van der Waals surface area contributed by atoms with Crippen LogP contribution >= 0.6 is 0 Å². The standard InChI is InChI=1S/C20H38N2O17/c1-22(33)21-5-35-18-14(30)13(29)10(26)8(38-18)4-34-19-16(32)17(11(27)7(3-24)36-19)39-20-15(31)12(28)9(25)6(2-23)37-20/h6-21,23-33H,2-5H2,1H3/t6-,7-,8-,9-,10-,11-,12+,13+,14-,15-,16-,17+,18-,19-,20+/m1/s1. The number of rotatable bonds is 11. The summed E-state index contributed by atoms with van der Waals surface area (Å²) in [5.74, 6) is 0. The predicted octanol–water partition coefficient (Wildman–Crippen LogP) is -7.77. The van der Waals surface area contributed by atoms with Crippen LogP contribution in [0.1, 0.15) is 0 Å². The van der Waals surface area contributed by atoms with Crippen LogP contribution in [0.3, 0.4) is 0 Å². The van der Waals surface area contributed by atoms with Crippen LogP contribution < -0.4 is 5.43 Å². The Bertz CT molecular complexity index is 738. The molecule has 0 radical (unpaired) electrons. The van der Waals surface area contributed by atoms with Crippen molar-refractivity contribution in [2.24, 2.45) is 0 Å². The van der Waals surface area contributed by atoms with Gasteiger partial charge in [0, 0.05) is 7.05 Å². The normalized spacial score (nSPS) is 47.5. The summed E-state index contributed by atoms with van der Waals surface area (Å²) in [6.07, 6.45) is -24.6. The van der Waals surface area contributed by atoms with Crippen LogP contribution in [0, 0.1) is 0 Å². The fourth-order valence-corrected chi connectivity index (χ4v) is 4.28. The monoisotopic (exact) mass is 578 g/mol. The van der Waals surface area contributed by atoms with E-state index < -0.39 is 112 Å². The Morgan fingerprint density at radius 1 is 0.615 bits per heavy atom. The molecule has 19 heteroatoms. The van der Waals surface area contributed by atoms with Crippen LogP contribution in [0.5, 0.6) is 0 Å². The first kappa shape index (κ1) is 32.8. The lowest BCUT2D eigenvalue weighted by Gasteiger charge is -2.46. The Morgan fingerprint density at radius 3 is 1.69 bits per heavy atom. The quantitative estimate of drug-likeness (QED) is 0.0800. The maximum Gasteiger partial charge on any atom is 0.188 e. The smallest absolute Gasteiger partial charge is 0.188 e. The average molecular weight is 579 g/mol. The summed E-state index contributed by atoms with van der Waals surface area (Å²) in [6.45, 7) is -2.47. The van der Waals surface area contributed by atoms with E-state index in [1.54, 1.807) is 0 Å². The fraction of sp³-hybridized carbons (Fsp3) is 1.00. The maximum atomic E-state index is 10.8. The molecule has 0 spiro atoms. The van der Waals surface area contributed by atoms with Gasteiger partial charge in [0.25, 0.3) is 0 Å². The highest BCUT2D eigenvalue weighted by Gasteiger charge is 2.51. The minimum absolute atomic E-state index is 0.359. The highest BCUT2D eigenvalue weighted by atomic mass is 16.7. The van der Waals surface area contributed by atoms with E-state index in [1.165, 1.54) is 7.05 Å². The minimum atomic E-state index is -1.85. The number of hydroxylamine groups is 1.